The molecule has 0 aliphatic heterocycles. The fourth-order valence-corrected chi connectivity index (χ4v) is 1.21. The third-order valence-electron chi connectivity index (χ3n) is 2.11. The van der Waals surface area contributed by atoms with Crippen LogP contribution in [0.25, 0.3) is 6.08 Å². The van der Waals surface area contributed by atoms with Gasteiger partial charge >= 0.3 is 0 Å². The summed E-state index contributed by atoms with van der Waals surface area (Å²) in [5, 5.41) is 0. The van der Waals surface area contributed by atoms with Crippen molar-refractivity contribution in [2.75, 3.05) is 6.61 Å². The minimum Gasteiger partial charge on any atom is -0.370 e. The van der Waals surface area contributed by atoms with Gasteiger partial charge in [-0.2, -0.15) is 0 Å². The lowest BCUT2D eigenvalue weighted by Gasteiger charge is -2.11. The van der Waals surface area contributed by atoms with E-state index in [-0.39, 0.29) is 6.10 Å². The smallest absolute Gasteiger partial charge is 0.0801 e. The summed E-state index contributed by atoms with van der Waals surface area (Å²) in [5.41, 5.74) is 2.31. The fraction of sp³-hybridized carbons (Fsp3) is 0.231. The van der Waals surface area contributed by atoms with Crippen molar-refractivity contribution < 1.29 is 4.74 Å². The molecule has 1 nitrogen and oxygen atoms in total. The van der Waals surface area contributed by atoms with Gasteiger partial charge in [0.05, 0.1) is 12.7 Å². The van der Waals surface area contributed by atoms with Crippen LogP contribution in [0.2, 0.25) is 0 Å². The first-order chi connectivity index (χ1) is 6.77. The Hall–Kier alpha value is -1.34. The second-order valence-electron chi connectivity index (χ2n) is 3.14. The van der Waals surface area contributed by atoms with E-state index >= 15 is 0 Å². The molecule has 0 saturated heterocycles. The predicted molar refractivity (Wildman–Crippen MR) is 61.1 cm³/mol. The van der Waals surface area contributed by atoms with Gasteiger partial charge in [-0.1, -0.05) is 43.0 Å². The maximum atomic E-state index is 5.51. The first-order valence-electron chi connectivity index (χ1n) is 4.73. The van der Waals surface area contributed by atoms with Gasteiger partial charge in [-0.15, -0.1) is 6.58 Å². The van der Waals surface area contributed by atoms with Gasteiger partial charge in [-0.25, -0.2) is 0 Å². The Kier molecular flexibility index (Phi) is 4.14. The van der Waals surface area contributed by atoms with Crippen molar-refractivity contribution >= 4 is 6.08 Å². The molecule has 1 aromatic carbocycles. The topological polar surface area (TPSA) is 9.23 Å². The zero-order valence-electron chi connectivity index (χ0n) is 8.57. The first kappa shape index (κ1) is 10.7. The van der Waals surface area contributed by atoms with Crippen molar-refractivity contribution in [1.29, 1.82) is 0 Å². The van der Waals surface area contributed by atoms with E-state index in [1.807, 2.05) is 25.1 Å². The Bertz CT molecular complexity index is 298. The highest BCUT2D eigenvalue weighted by Crippen LogP contribution is 2.17. The molecule has 0 aromatic heterocycles. The molecular formula is C13H16O. The lowest BCUT2D eigenvalue weighted by atomic mass is 10.1. The van der Waals surface area contributed by atoms with Crippen molar-refractivity contribution in [3.8, 4) is 0 Å². The quantitative estimate of drug-likeness (QED) is 0.641. The molecule has 0 spiro atoms. The molecule has 0 aliphatic rings. The maximum absolute atomic E-state index is 5.51. The summed E-state index contributed by atoms with van der Waals surface area (Å²) >= 11 is 0. The van der Waals surface area contributed by atoms with Gasteiger partial charge in [0.25, 0.3) is 0 Å². The standard InChI is InChI=1S/C13H16O/c1-4-10-14-11(3)13-8-6-12(5-2)7-9-13/h4-9,11H,1-2,10H2,3H3. The molecule has 0 radical (unpaired) electrons. The highest BCUT2D eigenvalue weighted by molar-refractivity contribution is 5.47. The molecule has 1 heteroatoms. The van der Waals surface area contributed by atoms with Gasteiger partial charge in [0.2, 0.25) is 0 Å². The number of rotatable bonds is 5. The van der Waals surface area contributed by atoms with Gasteiger partial charge < -0.3 is 4.74 Å². The number of hydrogen-bond donors (Lipinski definition) is 0. The molecule has 0 bridgehead atoms. The largest absolute Gasteiger partial charge is 0.370 e. The van der Waals surface area contributed by atoms with E-state index in [1.165, 1.54) is 5.56 Å². The van der Waals surface area contributed by atoms with Gasteiger partial charge in [-0.3, -0.25) is 0 Å². The molecule has 74 valence electrons. The Morgan fingerprint density at radius 3 is 2.43 bits per heavy atom. The second-order valence-corrected chi connectivity index (χ2v) is 3.14. The summed E-state index contributed by atoms with van der Waals surface area (Å²) in [6.07, 6.45) is 3.71. The van der Waals surface area contributed by atoms with Gasteiger partial charge in [0.1, 0.15) is 0 Å². The van der Waals surface area contributed by atoms with Crippen LogP contribution in [-0.4, -0.2) is 6.61 Å². The third-order valence-corrected chi connectivity index (χ3v) is 2.11. The zero-order valence-corrected chi connectivity index (χ0v) is 8.57. The van der Waals surface area contributed by atoms with Crippen LogP contribution in [0.3, 0.4) is 0 Å². The average molecular weight is 188 g/mol. The monoisotopic (exact) mass is 188 g/mol. The van der Waals surface area contributed by atoms with E-state index in [2.05, 4.69) is 25.3 Å². The van der Waals surface area contributed by atoms with Crippen molar-refractivity contribution in [2.24, 2.45) is 0 Å². The van der Waals surface area contributed by atoms with Gasteiger partial charge in [0, 0.05) is 0 Å². The predicted octanol–water partition coefficient (Wildman–Crippen LogP) is 3.59. The van der Waals surface area contributed by atoms with E-state index in [0.29, 0.717) is 6.61 Å². The minimum absolute atomic E-state index is 0.117. The Morgan fingerprint density at radius 2 is 1.93 bits per heavy atom. The van der Waals surface area contributed by atoms with Crippen LogP contribution in [0.5, 0.6) is 0 Å². The van der Waals surface area contributed by atoms with Crippen molar-refractivity contribution in [3.05, 3.63) is 54.6 Å². The molecule has 1 aromatic rings. The molecular weight excluding hydrogens is 172 g/mol. The van der Waals surface area contributed by atoms with E-state index in [4.69, 9.17) is 4.74 Å². The second kappa shape index (κ2) is 5.40. The van der Waals surface area contributed by atoms with Crippen molar-refractivity contribution in [1.82, 2.24) is 0 Å². The van der Waals surface area contributed by atoms with Crippen LogP contribution in [0.4, 0.5) is 0 Å². The lowest BCUT2D eigenvalue weighted by molar-refractivity contribution is 0.0888. The van der Waals surface area contributed by atoms with Crippen LogP contribution in [0.15, 0.2) is 43.5 Å². The Labute approximate surface area is 85.7 Å². The number of hydrogen-bond acceptors (Lipinski definition) is 1. The van der Waals surface area contributed by atoms with Crippen LogP contribution >= 0.6 is 0 Å². The van der Waals surface area contributed by atoms with Crippen molar-refractivity contribution in [2.45, 2.75) is 13.0 Å². The summed E-state index contributed by atoms with van der Waals surface area (Å²) < 4.78 is 5.51. The summed E-state index contributed by atoms with van der Waals surface area (Å²) in [5.74, 6) is 0. The summed E-state index contributed by atoms with van der Waals surface area (Å²) in [6.45, 7) is 9.95. The molecule has 14 heavy (non-hydrogen) atoms. The molecule has 1 atom stereocenters. The first-order valence-corrected chi connectivity index (χ1v) is 4.73. The van der Waals surface area contributed by atoms with Crippen LogP contribution in [0.1, 0.15) is 24.2 Å². The zero-order chi connectivity index (χ0) is 10.4. The Morgan fingerprint density at radius 1 is 1.29 bits per heavy atom. The molecule has 0 N–H and O–H groups in total. The molecule has 1 unspecified atom stereocenters. The molecule has 0 saturated carbocycles. The average Bonchev–Trinajstić information content (AvgIpc) is 2.26. The number of benzene rings is 1. The van der Waals surface area contributed by atoms with Gasteiger partial charge in [-0.05, 0) is 18.1 Å². The third kappa shape index (κ3) is 2.86. The molecule has 0 fully saturated rings. The highest BCUT2D eigenvalue weighted by Gasteiger charge is 2.03. The van der Waals surface area contributed by atoms with E-state index in [0.717, 1.165) is 5.56 Å². The minimum atomic E-state index is 0.117. The molecule has 1 rings (SSSR count). The van der Waals surface area contributed by atoms with E-state index < -0.39 is 0 Å². The normalized spacial score (nSPS) is 12.1. The van der Waals surface area contributed by atoms with Crippen molar-refractivity contribution in [3.63, 3.8) is 0 Å². The summed E-state index contributed by atoms with van der Waals surface area (Å²) in [6, 6.07) is 8.20. The number of ether oxygens (including phenoxy) is 1. The van der Waals surface area contributed by atoms with Gasteiger partial charge in [0.15, 0.2) is 0 Å². The van der Waals surface area contributed by atoms with E-state index in [9.17, 15) is 0 Å². The Balaban J connectivity index is 2.65. The SMILES string of the molecule is C=CCOC(C)c1ccc(C=C)cc1. The molecule has 0 amide bonds. The summed E-state index contributed by atoms with van der Waals surface area (Å²) in [4.78, 5) is 0. The summed E-state index contributed by atoms with van der Waals surface area (Å²) in [7, 11) is 0. The molecule has 0 aliphatic carbocycles. The molecule has 0 heterocycles. The maximum Gasteiger partial charge on any atom is 0.0801 e. The van der Waals surface area contributed by atoms with Crippen LogP contribution < -0.4 is 0 Å². The highest BCUT2D eigenvalue weighted by atomic mass is 16.5. The van der Waals surface area contributed by atoms with Crippen LogP contribution in [-0.2, 0) is 4.74 Å². The van der Waals surface area contributed by atoms with E-state index in [1.54, 1.807) is 6.08 Å². The lowest BCUT2D eigenvalue weighted by Crippen LogP contribution is -1.99. The fourth-order valence-electron chi connectivity index (χ4n) is 1.21. The van der Waals surface area contributed by atoms with Crippen LogP contribution in [0, 0.1) is 0 Å².